The van der Waals surface area contributed by atoms with Gasteiger partial charge in [0.2, 0.25) is 10.0 Å². The topological polar surface area (TPSA) is 63.4 Å². The number of rotatable bonds is 5. The second-order valence-corrected chi connectivity index (χ2v) is 7.17. The van der Waals surface area contributed by atoms with Crippen molar-refractivity contribution >= 4 is 15.7 Å². The summed E-state index contributed by atoms with van der Waals surface area (Å²) in [5, 5.41) is 0. The van der Waals surface area contributed by atoms with Crippen molar-refractivity contribution in [3.63, 3.8) is 0 Å². The van der Waals surface area contributed by atoms with E-state index in [4.69, 9.17) is 5.73 Å². The Hall–Kier alpha value is -1.07. The maximum atomic E-state index is 12.7. The highest BCUT2D eigenvalue weighted by Gasteiger charge is 2.28. The van der Waals surface area contributed by atoms with Crippen LogP contribution < -0.4 is 5.73 Å². The van der Waals surface area contributed by atoms with Crippen molar-refractivity contribution in [3.8, 4) is 0 Å². The van der Waals surface area contributed by atoms with Crippen molar-refractivity contribution in [2.24, 2.45) is 5.92 Å². The highest BCUT2D eigenvalue weighted by Crippen LogP contribution is 2.29. The molecule has 1 rings (SSSR count). The lowest BCUT2D eigenvalue weighted by atomic mass is 10.1. The number of hydrogen-bond acceptors (Lipinski definition) is 3. The summed E-state index contributed by atoms with van der Waals surface area (Å²) in [5.41, 5.74) is 7.85. The molecule has 0 spiro atoms. The first-order chi connectivity index (χ1) is 8.71. The van der Waals surface area contributed by atoms with Crippen LogP contribution in [0.25, 0.3) is 0 Å². The molecule has 0 fully saturated rings. The van der Waals surface area contributed by atoms with Crippen molar-refractivity contribution in [3.05, 3.63) is 23.3 Å². The Balaban J connectivity index is 3.38. The van der Waals surface area contributed by atoms with Crippen LogP contribution in [0.4, 0.5) is 5.69 Å². The van der Waals surface area contributed by atoms with Crippen molar-refractivity contribution in [2.75, 3.05) is 18.8 Å². The monoisotopic (exact) mass is 284 g/mol. The van der Waals surface area contributed by atoms with Gasteiger partial charge in [0.1, 0.15) is 4.90 Å². The van der Waals surface area contributed by atoms with Crippen LogP contribution in [0.1, 0.15) is 31.9 Å². The summed E-state index contributed by atoms with van der Waals surface area (Å²) in [4.78, 5) is 0.259. The van der Waals surface area contributed by atoms with Crippen LogP contribution in [-0.4, -0.2) is 25.8 Å². The van der Waals surface area contributed by atoms with Gasteiger partial charge in [0.15, 0.2) is 0 Å². The van der Waals surface area contributed by atoms with E-state index in [9.17, 15) is 8.42 Å². The van der Waals surface area contributed by atoms with Gasteiger partial charge in [0.25, 0.3) is 0 Å². The molecular formula is C14H24N2O2S. The molecule has 0 aliphatic rings. The summed E-state index contributed by atoms with van der Waals surface area (Å²) in [6, 6.07) is 3.66. The molecule has 2 N–H and O–H groups in total. The molecule has 1 aromatic carbocycles. The van der Waals surface area contributed by atoms with E-state index in [1.165, 1.54) is 4.31 Å². The van der Waals surface area contributed by atoms with E-state index < -0.39 is 10.0 Å². The first kappa shape index (κ1) is 16.0. The van der Waals surface area contributed by atoms with Crippen LogP contribution in [0.15, 0.2) is 17.0 Å². The first-order valence-electron chi connectivity index (χ1n) is 6.57. The quantitative estimate of drug-likeness (QED) is 0.845. The minimum Gasteiger partial charge on any atom is -0.397 e. The van der Waals surface area contributed by atoms with Gasteiger partial charge >= 0.3 is 0 Å². The number of aryl methyl sites for hydroxylation is 2. The molecule has 0 aliphatic heterocycles. The molecule has 108 valence electrons. The first-order valence-corrected chi connectivity index (χ1v) is 8.01. The normalized spacial score (nSPS) is 12.4. The van der Waals surface area contributed by atoms with Gasteiger partial charge in [-0.3, -0.25) is 0 Å². The second-order valence-electron chi connectivity index (χ2n) is 5.29. The maximum Gasteiger partial charge on any atom is 0.245 e. The van der Waals surface area contributed by atoms with E-state index in [1.54, 1.807) is 6.92 Å². The third kappa shape index (κ3) is 3.28. The fraction of sp³-hybridized carbons (Fsp3) is 0.571. The van der Waals surface area contributed by atoms with Crippen LogP contribution in [-0.2, 0) is 10.0 Å². The number of sulfonamides is 1. The zero-order valence-corrected chi connectivity index (χ0v) is 13.2. The Labute approximate surface area is 116 Å². The van der Waals surface area contributed by atoms with Gasteiger partial charge in [-0.15, -0.1) is 0 Å². The lowest BCUT2D eigenvalue weighted by molar-refractivity contribution is 0.381. The molecule has 1 aromatic rings. The summed E-state index contributed by atoms with van der Waals surface area (Å²) in [5.74, 6) is 0.279. The summed E-state index contributed by atoms with van der Waals surface area (Å²) < 4.78 is 27.0. The largest absolute Gasteiger partial charge is 0.397 e. The Morgan fingerprint density at radius 1 is 1.21 bits per heavy atom. The van der Waals surface area contributed by atoms with Crippen LogP contribution >= 0.6 is 0 Å². The molecule has 0 aliphatic carbocycles. The van der Waals surface area contributed by atoms with Crippen molar-refractivity contribution in [2.45, 2.75) is 39.5 Å². The Kier molecular flexibility index (Phi) is 4.98. The van der Waals surface area contributed by atoms with Gasteiger partial charge in [0, 0.05) is 13.1 Å². The molecule has 0 aromatic heterocycles. The SMILES string of the molecule is CCN(CC(C)C)S(=O)(=O)c1c(C)ccc(C)c1N. The lowest BCUT2D eigenvalue weighted by Crippen LogP contribution is -2.35. The lowest BCUT2D eigenvalue weighted by Gasteiger charge is -2.24. The standard InChI is InChI=1S/C14H24N2O2S/c1-6-16(9-10(2)3)19(17,18)14-12(5)8-7-11(4)13(14)15/h7-8,10H,6,9,15H2,1-5H3. The van der Waals surface area contributed by atoms with E-state index in [0.29, 0.717) is 24.3 Å². The summed E-state index contributed by atoms with van der Waals surface area (Å²) >= 11 is 0. The minimum absolute atomic E-state index is 0.259. The molecule has 5 heteroatoms. The molecule has 0 saturated carbocycles. The molecule has 0 heterocycles. The highest BCUT2D eigenvalue weighted by molar-refractivity contribution is 7.89. The Morgan fingerprint density at radius 2 is 1.74 bits per heavy atom. The third-order valence-electron chi connectivity index (χ3n) is 3.13. The summed E-state index contributed by atoms with van der Waals surface area (Å²) in [6.45, 7) is 10.4. The van der Waals surface area contributed by atoms with Gasteiger partial charge < -0.3 is 5.73 Å². The van der Waals surface area contributed by atoms with E-state index in [1.807, 2.05) is 39.8 Å². The van der Waals surface area contributed by atoms with Crippen LogP contribution in [0.5, 0.6) is 0 Å². The number of nitrogens with zero attached hydrogens (tertiary/aromatic N) is 1. The zero-order valence-electron chi connectivity index (χ0n) is 12.4. The predicted octanol–water partition coefficient (Wildman–Crippen LogP) is 2.55. The Morgan fingerprint density at radius 3 is 2.21 bits per heavy atom. The van der Waals surface area contributed by atoms with Crippen LogP contribution in [0.2, 0.25) is 0 Å². The second kappa shape index (κ2) is 5.92. The van der Waals surface area contributed by atoms with Gasteiger partial charge in [-0.05, 0) is 30.9 Å². The molecule has 0 saturated heterocycles. The summed E-state index contributed by atoms with van der Waals surface area (Å²) in [7, 11) is -3.52. The van der Waals surface area contributed by atoms with Gasteiger partial charge in [-0.1, -0.05) is 32.9 Å². The van der Waals surface area contributed by atoms with Crippen LogP contribution in [0.3, 0.4) is 0 Å². The van der Waals surface area contributed by atoms with Gasteiger partial charge in [0.05, 0.1) is 5.69 Å². The average molecular weight is 284 g/mol. The molecule has 0 amide bonds. The molecular weight excluding hydrogens is 260 g/mol. The van der Waals surface area contributed by atoms with Gasteiger partial charge in [-0.25, -0.2) is 8.42 Å². The average Bonchev–Trinajstić information content (AvgIpc) is 2.30. The fourth-order valence-electron chi connectivity index (χ4n) is 2.08. The molecule has 4 nitrogen and oxygen atoms in total. The number of nitrogen functional groups attached to an aromatic ring is 1. The van der Waals surface area contributed by atoms with Crippen LogP contribution in [0, 0.1) is 19.8 Å². The highest BCUT2D eigenvalue weighted by atomic mass is 32.2. The van der Waals surface area contributed by atoms with E-state index in [2.05, 4.69) is 0 Å². The molecule has 0 unspecified atom stereocenters. The van der Waals surface area contributed by atoms with Crippen molar-refractivity contribution in [1.29, 1.82) is 0 Å². The minimum atomic E-state index is -3.52. The number of anilines is 1. The number of hydrogen-bond donors (Lipinski definition) is 1. The maximum absolute atomic E-state index is 12.7. The Bertz CT molecular complexity index is 551. The number of nitrogens with two attached hydrogens (primary N) is 1. The van der Waals surface area contributed by atoms with Crippen molar-refractivity contribution < 1.29 is 8.42 Å². The molecule has 0 atom stereocenters. The molecule has 0 bridgehead atoms. The van der Waals surface area contributed by atoms with E-state index >= 15 is 0 Å². The van der Waals surface area contributed by atoms with Crippen molar-refractivity contribution in [1.82, 2.24) is 4.31 Å². The van der Waals surface area contributed by atoms with E-state index in [-0.39, 0.29) is 10.8 Å². The summed E-state index contributed by atoms with van der Waals surface area (Å²) in [6.07, 6.45) is 0. The molecule has 19 heavy (non-hydrogen) atoms. The number of benzene rings is 1. The zero-order chi connectivity index (χ0) is 14.8. The van der Waals surface area contributed by atoms with E-state index in [0.717, 1.165) is 5.56 Å². The third-order valence-corrected chi connectivity index (χ3v) is 5.28. The predicted molar refractivity (Wildman–Crippen MR) is 79.6 cm³/mol. The van der Waals surface area contributed by atoms with Gasteiger partial charge in [-0.2, -0.15) is 4.31 Å². The molecule has 0 radical (unpaired) electrons. The fourth-order valence-corrected chi connectivity index (χ4v) is 4.09. The smallest absolute Gasteiger partial charge is 0.245 e.